The van der Waals surface area contributed by atoms with Crippen LogP contribution >= 0.6 is 0 Å². The minimum Gasteiger partial charge on any atom is -0.444 e. The van der Waals surface area contributed by atoms with Gasteiger partial charge in [0.05, 0.1) is 10.5 Å². The van der Waals surface area contributed by atoms with E-state index in [1.54, 1.807) is 50.5 Å². The first-order chi connectivity index (χ1) is 13.9. The molecule has 1 unspecified atom stereocenters. The van der Waals surface area contributed by atoms with E-state index in [-0.39, 0.29) is 11.3 Å². The smallest absolute Gasteiger partial charge is 0.339 e. The van der Waals surface area contributed by atoms with Gasteiger partial charge < -0.3 is 14.5 Å². The number of hydrogen-bond donors (Lipinski definition) is 0. The monoisotopic (exact) mass is 397 g/mol. The van der Waals surface area contributed by atoms with E-state index in [1.807, 2.05) is 4.90 Å². The molecule has 152 valence electrons. The van der Waals surface area contributed by atoms with E-state index >= 15 is 0 Å². The van der Waals surface area contributed by atoms with Gasteiger partial charge in [-0.15, -0.1) is 0 Å². The second-order valence-corrected chi connectivity index (χ2v) is 7.08. The lowest BCUT2D eigenvalue weighted by Crippen LogP contribution is -2.31. The largest absolute Gasteiger partial charge is 0.444 e. The maximum absolute atomic E-state index is 12.7. The van der Waals surface area contributed by atoms with Gasteiger partial charge in [-0.3, -0.25) is 14.9 Å². The Hall–Kier alpha value is -3.42. The van der Waals surface area contributed by atoms with Crippen molar-refractivity contribution in [3.8, 4) is 0 Å². The Balaban J connectivity index is 1.89. The van der Waals surface area contributed by atoms with E-state index in [4.69, 9.17) is 4.74 Å². The highest BCUT2D eigenvalue weighted by Crippen LogP contribution is 2.32. The number of nitrogens with zero attached hydrogens (tertiary/aromatic N) is 3. The second kappa shape index (κ2) is 8.72. The van der Waals surface area contributed by atoms with Crippen LogP contribution in [0.3, 0.4) is 0 Å². The lowest BCUT2D eigenvalue weighted by molar-refractivity contribution is -0.384. The average molecular weight is 397 g/mol. The number of esters is 1. The molecule has 1 amide bonds. The second-order valence-electron chi connectivity index (χ2n) is 7.08. The predicted octanol–water partition coefficient (Wildman–Crippen LogP) is 3.18. The number of nitro benzene ring substituents is 1. The molecule has 1 atom stereocenters. The van der Waals surface area contributed by atoms with E-state index in [2.05, 4.69) is 0 Å². The summed E-state index contributed by atoms with van der Waals surface area (Å²) in [5.41, 5.74) is 0.916. The molecule has 0 saturated carbocycles. The standard InChI is InChI=1S/C21H23N3O5/c1-22(2)20(25)19(15-8-4-3-5-9-15)29-21(26)16-10-11-17(18(14-16)24(27)28)23-12-6-7-13-23/h3-5,8-11,14,19H,6-7,12-13H2,1-2H3. The summed E-state index contributed by atoms with van der Waals surface area (Å²) in [6.07, 6.45) is 0.828. The molecule has 0 N–H and O–H groups in total. The highest BCUT2D eigenvalue weighted by atomic mass is 16.6. The number of nitro groups is 1. The Bertz CT molecular complexity index is 908. The van der Waals surface area contributed by atoms with Crippen LogP contribution in [0, 0.1) is 10.1 Å². The van der Waals surface area contributed by atoms with E-state index in [1.165, 1.54) is 17.0 Å². The van der Waals surface area contributed by atoms with Gasteiger partial charge in [-0.1, -0.05) is 30.3 Å². The van der Waals surface area contributed by atoms with Gasteiger partial charge in [0, 0.05) is 38.8 Å². The zero-order valence-electron chi connectivity index (χ0n) is 16.4. The number of ether oxygens (including phenoxy) is 1. The van der Waals surface area contributed by atoms with Crippen molar-refractivity contribution in [1.29, 1.82) is 0 Å². The van der Waals surface area contributed by atoms with E-state index in [0.717, 1.165) is 25.9 Å². The molecule has 1 aliphatic heterocycles. The summed E-state index contributed by atoms with van der Waals surface area (Å²) in [6, 6.07) is 13.0. The number of anilines is 1. The first-order valence-corrected chi connectivity index (χ1v) is 9.39. The Labute approximate surface area is 168 Å². The van der Waals surface area contributed by atoms with Crippen LogP contribution in [-0.4, -0.2) is 48.9 Å². The van der Waals surface area contributed by atoms with Crippen LogP contribution in [0.15, 0.2) is 48.5 Å². The number of likely N-dealkylation sites (N-methyl/N-ethyl adjacent to an activating group) is 1. The Morgan fingerprint density at radius 1 is 1.10 bits per heavy atom. The van der Waals surface area contributed by atoms with Gasteiger partial charge in [-0.25, -0.2) is 4.79 Å². The van der Waals surface area contributed by atoms with Crippen molar-refractivity contribution < 1.29 is 19.2 Å². The fraction of sp³-hybridized carbons (Fsp3) is 0.333. The SMILES string of the molecule is CN(C)C(=O)C(OC(=O)c1ccc(N2CCCC2)c([N+](=O)[O-])c1)c1ccccc1. The minimum absolute atomic E-state index is 0.0344. The molecule has 1 saturated heterocycles. The van der Waals surface area contributed by atoms with Gasteiger partial charge in [0.15, 0.2) is 0 Å². The lowest BCUT2D eigenvalue weighted by atomic mass is 10.1. The van der Waals surface area contributed by atoms with Gasteiger partial charge in [0.2, 0.25) is 6.10 Å². The zero-order valence-corrected chi connectivity index (χ0v) is 16.4. The van der Waals surface area contributed by atoms with E-state index in [9.17, 15) is 19.7 Å². The van der Waals surface area contributed by atoms with Gasteiger partial charge in [-0.05, 0) is 25.0 Å². The van der Waals surface area contributed by atoms with Crippen LogP contribution in [0.2, 0.25) is 0 Å². The van der Waals surface area contributed by atoms with Gasteiger partial charge in [0.1, 0.15) is 5.69 Å². The van der Waals surface area contributed by atoms with E-state index in [0.29, 0.717) is 11.3 Å². The molecule has 1 aliphatic rings. The first kappa shape index (κ1) is 20.3. The minimum atomic E-state index is -1.13. The van der Waals surface area contributed by atoms with Crippen LogP contribution in [0.4, 0.5) is 11.4 Å². The molecule has 0 bridgehead atoms. The molecule has 0 spiro atoms. The number of rotatable bonds is 6. The normalized spacial score (nSPS) is 14.3. The topological polar surface area (TPSA) is 93.0 Å². The Kier molecular flexibility index (Phi) is 6.11. The molecule has 1 fully saturated rings. The highest BCUT2D eigenvalue weighted by molar-refractivity contribution is 5.94. The molecule has 3 rings (SSSR count). The van der Waals surface area contributed by atoms with Crippen molar-refractivity contribution in [2.75, 3.05) is 32.1 Å². The molecule has 8 heteroatoms. The van der Waals surface area contributed by atoms with Gasteiger partial charge in [-0.2, -0.15) is 0 Å². The summed E-state index contributed by atoms with van der Waals surface area (Å²) in [4.78, 5) is 39.6. The van der Waals surface area contributed by atoms with Crippen LogP contribution in [-0.2, 0) is 9.53 Å². The first-order valence-electron chi connectivity index (χ1n) is 9.39. The van der Waals surface area contributed by atoms with E-state index < -0.39 is 22.9 Å². The molecule has 0 radical (unpaired) electrons. The fourth-order valence-electron chi connectivity index (χ4n) is 3.32. The molecular weight excluding hydrogens is 374 g/mol. The lowest BCUT2D eigenvalue weighted by Gasteiger charge is -2.21. The number of carbonyl (C=O) groups excluding carboxylic acids is 2. The Morgan fingerprint density at radius 2 is 1.76 bits per heavy atom. The van der Waals surface area contributed by atoms with Crippen molar-refractivity contribution in [2.45, 2.75) is 18.9 Å². The Morgan fingerprint density at radius 3 is 2.34 bits per heavy atom. The van der Waals surface area contributed by atoms with Gasteiger partial charge in [0.25, 0.3) is 11.6 Å². The number of hydrogen-bond acceptors (Lipinski definition) is 6. The third kappa shape index (κ3) is 4.53. The quantitative estimate of drug-likeness (QED) is 0.422. The summed E-state index contributed by atoms with van der Waals surface area (Å²) in [5.74, 6) is -1.18. The zero-order chi connectivity index (χ0) is 21.0. The van der Waals surface area contributed by atoms with Crippen molar-refractivity contribution in [1.82, 2.24) is 4.90 Å². The predicted molar refractivity (Wildman–Crippen MR) is 108 cm³/mol. The average Bonchev–Trinajstić information content (AvgIpc) is 3.26. The summed E-state index contributed by atoms with van der Waals surface area (Å²) >= 11 is 0. The van der Waals surface area contributed by atoms with Crippen LogP contribution in [0.5, 0.6) is 0 Å². The highest BCUT2D eigenvalue weighted by Gasteiger charge is 2.29. The summed E-state index contributed by atoms with van der Waals surface area (Å²) < 4.78 is 5.48. The van der Waals surface area contributed by atoms with Crippen molar-refractivity contribution in [3.05, 3.63) is 69.8 Å². The molecule has 1 heterocycles. The van der Waals surface area contributed by atoms with Gasteiger partial charge >= 0.3 is 5.97 Å². The molecule has 0 aromatic heterocycles. The van der Waals surface area contributed by atoms with Crippen molar-refractivity contribution in [2.24, 2.45) is 0 Å². The fourth-order valence-corrected chi connectivity index (χ4v) is 3.32. The third-order valence-corrected chi connectivity index (χ3v) is 4.85. The molecule has 8 nitrogen and oxygen atoms in total. The van der Waals surface area contributed by atoms with Crippen LogP contribution in [0.25, 0.3) is 0 Å². The molecule has 2 aromatic rings. The molecular formula is C21H23N3O5. The summed E-state index contributed by atoms with van der Waals surface area (Å²) in [7, 11) is 3.14. The molecule has 29 heavy (non-hydrogen) atoms. The summed E-state index contributed by atoms with van der Waals surface area (Å²) in [6.45, 7) is 1.50. The number of carbonyl (C=O) groups is 2. The number of amides is 1. The van der Waals surface area contributed by atoms with Crippen LogP contribution in [0.1, 0.15) is 34.9 Å². The van der Waals surface area contributed by atoms with Crippen LogP contribution < -0.4 is 4.90 Å². The van der Waals surface area contributed by atoms with Crippen molar-refractivity contribution in [3.63, 3.8) is 0 Å². The maximum Gasteiger partial charge on any atom is 0.339 e. The third-order valence-electron chi connectivity index (χ3n) is 4.85. The molecule has 2 aromatic carbocycles. The van der Waals surface area contributed by atoms with Crippen molar-refractivity contribution >= 4 is 23.3 Å². The molecule has 0 aliphatic carbocycles. The summed E-state index contributed by atoms with van der Waals surface area (Å²) in [5, 5.41) is 11.6. The maximum atomic E-state index is 12.7. The number of benzene rings is 2.